The van der Waals surface area contributed by atoms with Gasteiger partial charge in [-0.15, -0.1) is 22.7 Å². The normalized spacial score (nSPS) is 13.6. The van der Waals surface area contributed by atoms with Gasteiger partial charge in [-0.25, -0.2) is 0 Å². The molecule has 0 bridgehead atoms. The Kier molecular flexibility index (Phi) is 7.24. The first-order chi connectivity index (χ1) is 16.4. The molecule has 0 saturated heterocycles. The van der Waals surface area contributed by atoms with Crippen LogP contribution < -0.4 is 0 Å². The van der Waals surface area contributed by atoms with E-state index in [4.69, 9.17) is 18.9 Å². The smallest absolute Gasteiger partial charge is 0.124 e. The Bertz CT molecular complexity index is 1330. The molecule has 5 nitrogen and oxygen atoms in total. The number of rotatable bonds is 8. The number of benzene rings is 1. The van der Waals surface area contributed by atoms with Gasteiger partial charge in [0, 0.05) is 9.75 Å². The first-order valence-corrected chi connectivity index (χ1v) is 15.4. The quantitative estimate of drug-likeness (QED) is 0.170. The summed E-state index contributed by atoms with van der Waals surface area (Å²) >= 11 is 12.1. The van der Waals surface area contributed by atoms with Crippen LogP contribution in [0.4, 0.5) is 11.4 Å². The lowest BCUT2D eigenvalue weighted by Crippen LogP contribution is -2.12. The van der Waals surface area contributed by atoms with Gasteiger partial charge in [0.2, 0.25) is 0 Å². The number of halogens is 2. The summed E-state index contributed by atoms with van der Waals surface area (Å²) in [7, 11) is 0. The molecule has 1 aliphatic heterocycles. The van der Waals surface area contributed by atoms with Gasteiger partial charge in [0.1, 0.15) is 22.4 Å². The molecule has 1 aliphatic rings. The molecule has 0 amide bonds. The van der Waals surface area contributed by atoms with Crippen LogP contribution in [0.1, 0.15) is 50.7 Å². The summed E-state index contributed by atoms with van der Waals surface area (Å²) in [4.78, 5) is 4.22. The largest absolute Gasteiger partial charge is 0.183 e. The SMILES string of the molecule is CCCCC(CC)Cn1nc2c(-c3cc(C)c(Br)s3)c3c(c(-c4cc(C)c(Br)s4)c2n1)N=S=N3. The third kappa shape index (κ3) is 4.40. The molecule has 1 atom stereocenters. The van der Waals surface area contributed by atoms with Crippen molar-refractivity contribution < 1.29 is 0 Å². The Labute approximate surface area is 228 Å². The van der Waals surface area contributed by atoms with Crippen LogP contribution >= 0.6 is 54.5 Å². The van der Waals surface area contributed by atoms with Crippen molar-refractivity contribution in [1.82, 2.24) is 15.0 Å². The van der Waals surface area contributed by atoms with E-state index in [1.165, 1.54) is 41.7 Å². The number of nitrogens with zero attached hydrogens (tertiary/aromatic N) is 5. The molecule has 3 aromatic heterocycles. The minimum absolute atomic E-state index is 0.571. The van der Waals surface area contributed by atoms with E-state index in [-0.39, 0.29) is 0 Å². The van der Waals surface area contributed by atoms with Crippen LogP contribution in [0.5, 0.6) is 0 Å². The van der Waals surface area contributed by atoms with E-state index in [2.05, 4.69) is 71.7 Å². The van der Waals surface area contributed by atoms with Crippen LogP contribution in [0.15, 0.2) is 28.4 Å². The second-order valence-electron chi connectivity index (χ2n) is 8.71. The lowest BCUT2D eigenvalue weighted by Gasteiger charge is -2.12. The van der Waals surface area contributed by atoms with Crippen LogP contribution in [0.2, 0.25) is 0 Å². The summed E-state index contributed by atoms with van der Waals surface area (Å²) in [5.41, 5.74) is 8.16. The minimum Gasteiger partial charge on any atom is -0.183 e. The average molecular weight is 640 g/mol. The predicted octanol–water partition coefficient (Wildman–Crippen LogP) is 9.97. The summed E-state index contributed by atoms with van der Waals surface area (Å²) in [5.74, 6) is 0.571. The molecule has 5 rings (SSSR count). The number of thiophene rings is 2. The zero-order valence-electron chi connectivity index (χ0n) is 19.5. The summed E-state index contributed by atoms with van der Waals surface area (Å²) in [5, 5.41) is 10.2. The predicted molar refractivity (Wildman–Crippen MR) is 154 cm³/mol. The van der Waals surface area contributed by atoms with E-state index in [0.717, 1.165) is 63.8 Å². The first-order valence-electron chi connectivity index (χ1n) is 11.5. The van der Waals surface area contributed by atoms with Crippen molar-refractivity contribution in [2.24, 2.45) is 14.6 Å². The number of unbranched alkanes of at least 4 members (excludes halogenated alkanes) is 1. The van der Waals surface area contributed by atoms with E-state index in [0.29, 0.717) is 5.92 Å². The lowest BCUT2D eigenvalue weighted by molar-refractivity contribution is 0.351. The lowest BCUT2D eigenvalue weighted by atomic mass is 10.00. The highest BCUT2D eigenvalue weighted by atomic mass is 79.9. The highest BCUT2D eigenvalue weighted by molar-refractivity contribution is 9.11. The Morgan fingerprint density at radius 2 is 1.41 bits per heavy atom. The Morgan fingerprint density at radius 1 is 0.882 bits per heavy atom. The second-order valence-corrected chi connectivity index (χ2v) is 14.0. The molecule has 34 heavy (non-hydrogen) atoms. The van der Waals surface area contributed by atoms with Gasteiger partial charge in [0.15, 0.2) is 0 Å². The van der Waals surface area contributed by atoms with Crippen LogP contribution in [-0.2, 0) is 17.9 Å². The van der Waals surface area contributed by atoms with Crippen molar-refractivity contribution in [3.63, 3.8) is 0 Å². The molecule has 0 N–H and O–H groups in total. The standard InChI is InChI=1S/C24H25Br2N5S3/c1-5-7-8-14(6-2)11-31-27-19-17(15-9-12(3)23(25)32-15)21-22(30-34-29-21)18(20(19)28-31)16-10-13(4)24(26)33-16/h9-10,14H,5-8,11H2,1-4H3. The minimum atomic E-state index is 0.571. The number of hydrogen-bond donors (Lipinski definition) is 0. The molecule has 1 unspecified atom stereocenters. The second kappa shape index (κ2) is 10.0. The molecular weight excluding hydrogens is 614 g/mol. The van der Waals surface area contributed by atoms with Gasteiger partial charge in [-0.05, 0) is 81.3 Å². The zero-order chi connectivity index (χ0) is 24.0. The monoisotopic (exact) mass is 637 g/mol. The number of aromatic nitrogens is 3. The van der Waals surface area contributed by atoms with Crippen molar-refractivity contribution in [3.05, 3.63) is 30.8 Å². The molecule has 0 spiro atoms. The highest BCUT2D eigenvalue weighted by Crippen LogP contribution is 2.54. The number of hydrogen-bond acceptors (Lipinski definition) is 6. The van der Waals surface area contributed by atoms with Gasteiger partial charge >= 0.3 is 0 Å². The fourth-order valence-corrected chi connectivity index (χ4v) is 8.01. The van der Waals surface area contributed by atoms with Crippen LogP contribution in [0.3, 0.4) is 0 Å². The van der Waals surface area contributed by atoms with E-state index in [1.807, 2.05) is 4.80 Å². The van der Waals surface area contributed by atoms with Gasteiger partial charge in [0.25, 0.3) is 0 Å². The number of fused-ring (bicyclic) bond motifs is 2. The summed E-state index contributed by atoms with van der Waals surface area (Å²) < 4.78 is 11.8. The highest BCUT2D eigenvalue weighted by Gasteiger charge is 2.29. The van der Waals surface area contributed by atoms with E-state index in [1.54, 1.807) is 22.7 Å². The maximum absolute atomic E-state index is 5.10. The van der Waals surface area contributed by atoms with Crippen molar-refractivity contribution in [2.75, 3.05) is 0 Å². The molecule has 4 heterocycles. The van der Waals surface area contributed by atoms with Gasteiger partial charge in [0.05, 0.1) is 36.6 Å². The zero-order valence-corrected chi connectivity index (χ0v) is 25.1. The van der Waals surface area contributed by atoms with Crippen LogP contribution in [-0.4, -0.2) is 15.0 Å². The topological polar surface area (TPSA) is 55.4 Å². The Balaban J connectivity index is 1.76. The molecule has 4 aromatic rings. The number of aryl methyl sites for hydroxylation is 2. The third-order valence-electron chi connectivity index (χ3n) is 6.26. The van der Waals surface area contributed by atoms with E-state index in [9.17, 15) is 0 Å². The summed E-state index contributed by atoms with van der Waals surface area (Å²) in [6.45, 7) is 9.59. The van der Waals surface area contributed by atoms with Crippen LogP contribution in [0.25, 0.3) is 31.9 Å². The molecule has 178 valence electrons. The molecule has 0 saturated carbocycles. The van der Waals surface area contributed by atoms with Crippen molar-refractivity contribution >= 4 is 88.3 Å². The molecule has 0 radical (unpaired) electrons. The molecule has 1 aromatic carbocycles. The maximum Gasteiger partial charge on any atom is 0.124 e. The van der Waals surface area contributed by atoms with Gasteiger partial charge < -0.3 is 0 Å². The molecule has 10 heteroatoms. The molecular formula is C24H25Br2N5S3. The Morgan fingerprint density at radius 3 is 1.82 bits per heavy atom. The molecule has 0 aliphatic carbocycles. The summed E-state index contributed by atoms with van der Waals surface area (Å²) in [6, 6.07) is 4.42. The van der Waals surface area contributed by atoms with Gasteiger partial charge in [-0.2, -0.15) is 23.7 Å². The van der Waals surface area contributed by atoms with Gasteiger partial charge in [-0.3, -0.25) is 0 Å². The Hall–Kier alpha value is -1.20. The van der Waals surface area contributed by atoms with Crippen LogP contribution in [0, 0.1) is 19.8 Å². The fraction of sp³-hybridized carbons (Fsp3) is 0.417. The van der Waals surface area contributed by atoms with Crippen molar-refractivity contribution in [3.8, 4) is 20.9 Å². The van der Waals surface area contributed by atoms with Crippen molar-refractivity contribution in [1.29, 1.82) is 0 Å². The van der Waals surface area contributed by atoms with Gasteiger partial charge in [-0.1, -0.05) is 33.1 Å². The third-order valence-corrected chi connectivity index (χ3v) is 11.1. The summed E-state index contributed by atoms with van der Waals surface area (Å²) in [6.07, 6.45) is 4.79. The first kappa shape index (κ1) is 24.5. The average Bonchev–Trinajstić information content (AvgIpc) is 3.58. The van der Waals surface area contributed by atoms with Crippen molar-refractivity contribution in [2.45, 2.75) is 59.9 Å². The maximum atomic E-state index is 5.10. The fourth-order valence-electron chi connectivity index (χ4n) is 4.29. The van der Waals surface area contributed by atoms with E-state index >= 15 is 0 Å². The van der Waals surface area contributed by atoms with E-state index < -0.39 is 0 Å². The molecule has 0 fully saturated rings.